The fourth-order valence-corrected chi connectivity index (χ4v) is 7.14. The molecular weight excluding hydrogens is 646 g/mol. The van der Waals surface area contributed by atoms with Gasteiger partial charge in [0, 0.05) is 22.8 Å². The summed E-state index contributed by atoms with van der Waals surface area (Å²) in [7, 11) is 0. The Labute approximate surface area is 309 Å². The van der Waals surface area contributed by atoms with Gasteiger partial charge in [-0.15, -0.1) is 0 Å². The van der Waals surface area contributed by atoms with Crippen LogP contribution in [-0.2, 0) is 6.42 Å². The van der Waals surface area contributed by atoms with E-state index in [4.69, 9.17) is 0 Å². The molecule has 2 aliphatic heterocycles. The molecule has 8 heteroatoms. The van der Waals surface area contributed by atoms with Gasteiger partial charge in [-0.05, 0) is 174 Å². The Hall–Kier alpha value is -4.79. The Morgan fingerprint density at radius 1 is 1.13 bits per heavy atom. The predicted octanol–water partition coefficient (Wildman–Crippen LogP) is 7.68. The Kier molecular flexibility index (Phi) is 13.8. The molecule has 0 unspecified atom stereocenters. The van der Waals surface area contributed by atoms with E-state index in [1.54, 1.807) is 18.3 Å². The maximum atomic E-state index is 14.8. The van der Waals surface area contributed by atoms with Crippen LogP contribution < -0.4 is 26.5 Å². The van der Waals surface area contributed by atoms with Crippen LogP contribution in [0.3, 0.4) is 0 Å². The van der Waals surface area contributed by atoms with Gasteiger partial charge in [-0.2, -0.15) is 5.10 Å². The number of benzene rings is 1. The van der Waals surface area contributed by atoms with Gasteiger partial charge in [0.2, 0.25) is 0 Å². The Morgan fingerprint density at radius 2 is 1.90 bits per heavy atom. The molecule has 0 aliphatic carbocycles. The number of aryl methyl sites for hydroxylation is 1. The van der Waals surface area contributed by atoms with Gasteiger partial charge in [0.05, 0.1) is 11.0 Å². The lowest BCUT2D eigenvalue weighted by Crippen LogP contribution is -2.28. The van der Waals surface area contributed by atoms with E-state index in [1.807, 2.05) is 38.1 Å². The Balaban J connectivity index is 1.25. The smallest absolute Gasteiger partial charge is 0.133 e. The molecule has 0 amide bonds. The lowest BCUT2D eigenvalue weighted by atomic mass is 9.93. The first-order chi connectivity index (χ1) is 25.1. The van der Waals surface area contributed by atoms with E-state index < -0.39 is 0 Å². The molecule has 0 atom stereocenters. The highest BCUT2D eigenvalue weighted by molar-refractivity contribution is 5.78. The Bertz CT molecular complexity index is 1950. The van der Waals surface area contributed by atoms with E-state index in [1.165, 1.54) is 38.8 Å². The number of nitrogens with one attached hydrogen (secondary N) is 4. The number of allylic oxidation sites excluding steroid dienone is 7. The number of anilines is 1. The summed E-state index contributed by atoms with van der Waals surface area (Å²) in [5, 5.41) is 19.4. The molecule has 7 nitrogen and oxygen atoms in total. The first kappa shape index (κ1) is 38.4. The zero-order valence-electron chi connectivity index (χ0n) is 31.4. The van der Waals surface area contributed by atoms with Crippen molar-refractivity contribution in [2.75, 3.05) is 38.0 Å². The van der Waals surface area contributed by atoms with Crippen LogP contribution in [-0.4, -0.2) is 52.8 Å². The number of halogens is 1. The second kappa shape index (κ2) is 18.6. The first-order valence-corrected chi connectivity index (χ1v) is 18.7. The number of hydrogen-bond donors (Lipinski definition) is 4. The van der Waals surface area contributed by atoms with Crippen molar-refractivity contribution < 1.29 is 4.39 Å². The molecule has 2 fully saturated rings. The van der Waals surface area contributed by atoms with Crippen LogP contribution in [0.4, 0.5) is 10.2 Å². The molecule has 52 heavy (non-hydrogen) atoms. The van der Waals surface area contributed by atoms with E-state index in [9.17, 15) is 4.39 Å². The number of pyridine rings is 1. The van der Waals surface area contributed by atoms with Crippen LogP contribution in [0, 0.1) is 18.7 Å². The maximum absolute atomic E-state index is 14.8. The van der Waals surface area contributed by atoms with Gasteiger partial charge >= 0.3 is 0 Å². The minimum atomic E-state index is -0.223. The first-order valence-electron chi connectivity index (χ1n) is 18.7. The van der Waals surface area contributed by atoms with Gasteiger partial charge in [-0.25, -0.2) is 9.37 Å². The predicted molar refractivity (Wildman–Crippen MR) is 217 cm³/mol. The second-order valence-corrected chi connectivity index (χ2v) is 14.1. The fraction of sp³-hybridized carbons (Fsp3) is 0.364. The number of rotatable bonds is 16. The van der Waals surface area contributed by atoms with Gasteiger partial charge in [-0.1, -0.05) is 44.5 Å². The van der Waals surface area contributed by atoms with Gasteiger partial charge in [0.25, 0.3) is 0 Å². The molecule has 0 radical (unpaired) electrons. The summed E-state index contributed by atoms with van der Waals surface area (Å²) in [5.74, 6) is 1.07. The highest BCUT2D eigenvalue weighted by Gasteiger charge is 2.16. The quantitative estimate of drug-likeness (QED) is 0.115. The highest BCUT2D eigenvalue weighted by Crippen LogP contribution is 2.30. The van der Waals surface area contributed by atoms with Gasteiger partial charge in [0.1, 0.15) is 17.3 Å². The SMILES string of the molecule is C=C\C(=C/C(=C\C)C(/C)=C/C=c1/[nH]nc(C(=C)Nc2nccc(-c3cc(F)cc(CCCN4CCCC4)c3)c2C)c1=C)NC(=C)CC1CCNCC1. The molecule has 0 saturated carbocycles. The summed E-state index contributed by atoms with van der Waals surface area (Å²) < 4.78 is 14.8. The minimum absolute atomic E-state index is 0.223. The van der Waals surface area contributed by atoms with E-state index in [0.717, 1.165) is 94.3 Å². The topological polar surface area (TPSA) is 80.9 Å². The van der Waals surface area contributed by atoms with Crippen molar-refractivity contribution in [3.8, 4) is 11.1 Å². The van der Waals surface area contributed by atoms with Crippen molar-refractivity contribution in [1.29, 1.82) is 0 Å². The van der Waals surface area contributed by atoms with Crippen molar-refractivity contribution in [2.24, 2.45) is 5.92 Å². The lowest BCUT2D eigenvalue weighted by molar-refractivity contribution is 0.334. The number of piperidine rings is 1. The third kappa shape index (κ3) is 10.4. The zero-order chi connectivity index (χ0) is 37.0. The average molecular weight is 702 g/mol. The number of aromatic nitrogens is 3. The summed E-state index contributed by atoms with van der Waals surface area (Å²) >= 11 is 0. The van der Waals surface area contributed by atoms with Crippen molar-refractivity contribution >= 4 is 24.2 Å². The number of nitrogens with zero attached hydrogens (tertiary/aromatic N) is 3. The maximum Gasteiger partial charge on any atom is 0.133 e. The Morgan fingerprint density at radius 3 is 2.63 bits per heavy atom. The van der Waals surface area contributed by atoms with Crippen molar-refractivity contribution in [1.82, 2.24) is 30.7 Å². The molecule has 2 aliphatic rings. The second-order valence-electron chi connectivity index (χ2n) is 14.1. The van der Waals surface area contributed by atoms with E-state index in [-0.39, 0.29) is 5.82 Å². The molecule has 2 aromatic heterocycles. The normalized spacial score (nSPS) is 16.7. The molecule has 2 saturated heterocycles. The summed E-state index contributed by atoms with van der Waals surface area (Å²) in [4.78, 5) is 7.09. The van der Waals surface area contributed by atoms with E-state index in [2.05, 4.69) is 87.5 Å². The summed E-state index contributed by atoms with van der Waals surface area (Å²) in [6.07, 6.45) is 19.5. The number of H-pyrrole nitrogens is 1. The van der Waals surface area contributed by atoms with Crippen LogP contribution in [0.25, 0.3) is 29.5 Å². The number of aromatic amines is 1. The minimum Gasteiger partial charge on any atom is -0.359 e. The molecule has 0 bridgehead atoms. The number of hydrogen-bond acceptors (Lipinski definition) is 6. The lowest BCUT2D eigenvalue weighted by Gasteiger charge is -2.24. The molecule has 5 rings (SSSR count). The van der Waals surface area contributed by atoms with E-state index >= 15 is 0 Å². The third-order valence-corrected chi connectivity index (χ3v) is 10.2. The zero-order valence-corrected chi connectivity index (χ0v) is 31.4. The fourth-order valence-electron chi connectivity index (χ4n) is 7.14. The molecule has 4 N–H and O–H groups in total. The van der Waals surface area contributed by atoms with Crippen molar-refractivity contribution in [3.05, 3.63) is 130 Å². The average Bonchev–Trinajstić information content (AvgIpc) is 3.79. The summed E-state index contributed by atoms with van der Waals surface area (Å²) in [6, 6.07) is 7.29. The van der Waals surface area contributed by atoms with Crippen molar-refractivity contribution in [2.45, 2.75) is 65.7 Å². The van der Waals surface area contributed by atoms with Gasteiger partial charge < -0.3 is 20.9 Å². The molecular formula is C44H56FN7. The third-order valence-electron chi connectivity index (χ3n) is 10.2. The summed E-state index contributed by atoms with van der Waals surface area (Å²) in [5.41, 5.74) is 8.94. The molecule has 274 valence electrons. The standard InChI is InChI=1S/C44H56FN7/c1-8-37(29-40(9-2)48-31(4)25-35-16-19-46-20-17-35)30(3)14-15-42-33(6)43(51-50-42)34(7)49-44-32(5)41(18-21-47-44)38-26-36(27-39(45)28-38)13-12-24-52-22-10-11-23-52/h8-9,14-15,18,21,26-29,35,46,48,50H,2,4,6-7,10-13,16-17,19-20,22-25H2,1,3,5H3,(H,47,49)/b30-14+,37-8+,40-29+,42-15+. The van der Waals surface area contributed by atoms with Crippen molar-refractivity contribution in [3.63, 3.8) is 0 Å². The molecule has 4 heterocycles. The molecule has 3 aromatic rings. The van der Waals surface area contributed by atoms with Crippen LogP contribution >= 0.6 is 0 Å². The van der Waals surface area contributed by atoms with Gasteiger partial charge in [0.15, 0.2) is 0 Å². The van der Waals surface area contributed by atoms with Crippen LogP contribution in [0.5, 0.6) is 0 Å². The van der Waals surface area contributed by atoms with Gasteiger partial charge in [-0.3, -0.25) is 5.10 Å². The summed E-state index contributed by atoms with van der Waals surface area (Å²) in [6.45, 7) is 28.5. The highest BCUT2D eigenvalue weighted by atomic mass is 19.1. The largest absolute Gasteiger partial charge is 0.359 e. The van der Waals surface area contributed by atoms with E-state index in [0.29, 0.717) is 23.1 Å². The molecule has 1 aromatic carbocycles. The van der Waals surface area contributed by atoms with Crippen LogP contribution in [0.1, 0.15) is 69.2 Å². The number of likely N-dealkylation sites (tertiary alicyclic amines) is 1. The van der Waals surface area contributed by atoms with Crippen LogP contribution in [0.15, 0.2) is 97.0 Å². The monoisotopic (exact) mass is 701 g/mol. The molecule has 0 spiro atoms. The van der Waals surface area contributed by atoms with Crippen LogP contribution in [0.2, 0.25) is 0 Å².